The van der Waals surface area contributed by atoms with E-state index in [1.165, 1.54) is 24.9 Å². The quantitative estimate of drug-likeness (QED) is 0.686. The van der Waals surface area contributed by atoms with Gasteiger partial charge in [0.05, 0.1) is 0 Å². The predicted molar refractivity (Wildman–Crippen MR) is 87.3 cm³/mol. The summed E-state index contributed by atoms with van der Waals surface area (Å²) in [5.74, 6) is -0.259. The number of piperidine rings is 1. The zero-order chi connectivity index (χ0) is 15.4. The Labute approximate surface area is 131 Å². The van der Waals surface area contributed by atoms with Crippen molar-refractivity contribution in [2.75, 3.05) is 18.0 Å². The van der Waals surface area contributed by atoms with Gasteiger partial charge in [-0.05, 0) is 55.9 Å². The minimum absolute atomic E-state index is 0.178. The van der Waals surface area contributed by atoms with Crippen molar-refractivity contribution >= 4 is 17.7 Å². The van der Waals surface area contributed by atoms with Crippen LogP contribution < -0.4 is 10.2 Å². The molecule has 1 aliphatic heterocycles. The number of carbonyl (C=O) groups is 1. The molecule has 0 atom stereocenters. The van der Waals surface area contributed by atoms with Crippen LogP contribution in [0, 0.1) is 11.3 Å². The van der Waals surface area contributed by atoms with Gasteiger partial charge >= 0.3 is 0 Å². The molecule has 0 bridgehead atoms. The minimum atomic E-state index is -0.259. The zero-order valence-electron chi connectivity index (χ0n) is 12.7. The summed E-state index contributed by atoms with van der Waals surface area (Å²) >= 11 is 0. The van der Waals surface area contributed by atoms with E-state index in [0.29, 0.717) is 0 Å². The molecule has 0 radical (unpaired) electrons. The van der Waals surface area contributed by atoms with E-state index in [4.69, 9.17) is 5.26 Å². The van der Waals surface area contributed by atoms with Crippen LogP contribution in [0.5, 0.6) is 0 Å². The maximum Gasteiger partial charge on any atom is 0.262 e. The van der Waals surface area contributed by atoms with Crippen LogP contribution >= 0.6 is 0 Å². The first-order valence-electron chi connectivity index (χ1n) is 8.04. The highest BCUT2D eigenvalue weighted by molar-refractivity contribution is 6.02. The Morgan fingerprint density at radius 2 is 1.86 bits per heavy atom. The third-order valence-electron chi connectivity index (χ3n) is 4.20. The summed E-state index contributed by atoms with van der Waals surface area (Å²) in [6, 6.07) is 10.4. The number of carbonyl (C=O) groups excluding carboxylic acids is 1. The van der Waals surface area contributed by atoms with Crippen molar-refractivity contribution in [2.45, 2.75) is 38.1 Å². The van der Waals surface area contributed by atoms with Crippen LogP contribution in [0.2, 0.25) is 0 Å². The fourth-order valence-electron chi connectivity index (χ4n) is 2.74. The highest BCUT2D eigenvalue weighted by Gasteiger charge is 2.24. The lowest BCUT2D eigenvalue weighted by molar-refractivity contribution is -0.117. The number of anilines is 1. The summed E-state index contributed by atoms with van der Waals surface area (Å²) in [4.78, 5) is 14.3. The Bertz CT molecular complexity index is 602. The molecule has 1 aromatic rings. The number of nitriles is 1. The van der Waals surface area contributed by atoms with Crippen LogP contribution in [0.3, 0.4) is 0 Å². The van der Waals surface area contributed by atoms with E-state index < -0.39 is 0 Å². The van der Waals surface area contributed by atoms with Crippen LogP contribution in [0.1, 0.15) is 37.7 Å². The van der Waals surface area contributed by atoms with Gasteiger partial charge in [-0.3, -0.25) is 4.79 Å². The van der Waals surface area contributed by atoms with Crippen molar-refractivity contribution in [1.82, 2.24) is 5.32 Å². The van der Waals surface area contributed by atoms with E-state index in [0.717, 1.165) is 31.5 Å². The molecule has 0 spiro atoms. The number of nitrogens with zero attached hydrogens (tertiary/aromatic N) is 2. The van der Waals surface area contributed by atoms with Crippen LogP contribution in [-0.4, -0.2) is 25.0 Å². The lowest BCUT2D eigenvalue weighted by Crippen LogP contribution is -2.29. The summed E-state index contributed by atoms with van der Waals surface area (Å²) < 4.78 is 0. The molecule has 1 saturated heterocycles. The van der Waals surface area contributed by atoms with Gasteiger partial charge in [0.25, 0.3) is 5.91 Å². The monoisotopic (exact) mass is 295 g/mol. The van der Waals surface area contributed by atoms with Crippen molar-refractivity contribution in [3.63, 3.8) is 0 Å². The zero-order valence-corrected chi connectivity index (χ0v) is 12.7. The van der Waals surface area contributed by atoms with E-state index in [-0.39, 0.29) is 17.5 Å². The van der Waals surface area contributed by atoms with Gasteiger partial charge < -0.3 is 10.2 Å². The molecule has 1 saturated carbocycles. The molecule has 0 aromatic heterocycles. The summed E-state index contributed by atoms with van der Waals surface area (Å²) in [6.07, 6.45) is 7.53. The third kappa shape index (κ3) is 3.67. The van der Waals surface area contributed by atoms with Gasteiger partial charge in [-0.25, -0.2) is 0 Å². The molecule has 3 rings (SSSR count). The van der Waals surface area contributed by atoms with E-state index in [1.807, 2.05) is 18.2 Å². The Morgan fingerprint density at radius 1 is 1.18 bits per heavy atom. The highest BCUT2D eigenvalue weighted by atomic mass is 16.1. The maximum atomic E-state index is 11.9. The number of benzene rings is 1. The molecule has 4 heteroatoms. The summed E-state index contributed by atoms with van der Waals surface area (Å²) in [5, 5.41) is 12.0. The van der Waals surface area contributed by atoms with Gasteiger partial charge in [0, 0.05) is 24.8 Å². The van der Waals surface area contributed by atoms with E-state index in [1.54, 1.807) is 6.08 Å². The van der Waals surface area contributed by atoms with E-state index in [9.17, 15) is 4.79 Å². The molecule has 4 nitrogen and oxygen atoms in total. The molecule has 114 valence electrons. The number of nitrogens with one attached hydrogen (secondary N) is 1. The SMILES string of the molecule is N#C/C(=C/c1ccc(N2CCCCC2)cc1)C(=O)NC1CC1. The smallest absolute Gasteiger partial charge is 0.262 e. The van der Waals surface area contributed by atoms with Gasteiger partial charge in [-0.15, -0.1) is 0 Å². The molecule has 1 N–H and O–H groups in total. The van der Waals surface area contributed by atoms with Crippen molar-refractivity contribution in [2.24, 2.45) is 0 Å². The van der Waals surface area contributed by atoms with Crippen LogP contribution in [0.15, 0.2) is 29.8 Å². The summed E-state index contributed by atoms with van der Waals surface area (Å²) in [5.41, 5.74) is 2.29. The molecule has 22 heavy (non-hydrogen) atoms. The molecule has 1 aromatic carbocycles. The first-order valence-corrected chi connectivity index (χ1v) is 8.04. The molecule has 2 aliphatic rings. The molecular formula is C18H21N3O. The summed E-state index contributed by atoms with van der Waals surface area (Å²) in [7, 11) is 0. The normalized spacial score (nSPS) is 18.7. The Kier molecular flexibility index (Phi) is 4.43. The minimum Gasteiger partial charge on any atom is -0.372 e. The average Bonchev–Trinajstić information content (AvgIpc) is 3.38. The van der Waals surface area contributed by atoms with Crippen molar-refractivity contribution in [3.05, 3.63) is 35.4 Å². The number of rotatable bonds is 4. The average molecular weight is 295 g/mol. The van der Waals surface area contributed by atoms with E-state index >= 15 is 0 Å². The van der Waals surface area contributed by atoms with Crippen LogP contribution in [0.4, 0.5) is 5.69 Å². The fraction of sp³-hybridized carbons (Fsp3) is 0.444. The number of hydrogen-bond acceptors (Lipinski definition) is 3. The van der Waals surface area contributed by atoms with Gasteiger partial charge in [-0.1, -0.05) is 12.1 Å². The Balaban J connectivity index is 1.69. The van der Waals surface area contributed by atoms with Crippen molar-refractivity contribution in [1.29, 1.82) is 5.26 Å². The first-order chi connectivity index (χ1) is 10.8. The third-order valence-corrected chi connectivity index (χ3v) is 4.20. The Morgan fingerprint density at radius 3 is 2.45 bits per heavy atom. The van der Waals surface area contributed by atoms with Gasteiger partial charge in [0.2, 0.25) is 0 Å². The Hall–Kier alpha value is -2.28. The predicted octanol–water partition coefficient (Wildman–Crippen LogP) is 2.86. The maximum absolute atomic E-state index is 11.9. The van der Waals surface area contributed by atoms with Crippen LogP contribution in [-0.2, 0) is 4.79 Å². The molecule has 1 amide bonds. The first kappa shape index (κ1) is 14.6. The molecule has 1 heterocycles. The topological polar surface area (TPSA) is 56.1 Å². The van der Waals surface area contributed by atoms with E-state index in [2.05, 4.69) is 22.3 Å². The molecule has 0 unspecified atom stereocenters. The number of amides is 1. The fourth-order valence-corrected chi connectivity index (χ4v) is 2.74. The largest absolute Gasteiger partial charge is 0.372 e. The molecular weight excluding hydrogens is 274 g/mol. The number of hydrogen-bond donors (Lipinski definition) is 1. The lowest BCUT2D eigenvalue weighted by Gasteiger charge is -2.28. The second-order valence-corrected chi connectivity index (χ2v) is 6.06. The summed E-state index contributed by atoms with van der Waals surface area (Å²) in [6.45, 7) is 2.23. The second kappa shape index (κ2) is 6.65. The van der Waals surface area contributed by atoms with Crippen molar-refractivity contribution < 1.29 is 4.79 Å². The lowest BCUT2D eigenvalue weighted by atomic mass is 10.1. The van der Waals surface area contributed by atoms with Crippen LogP contribution in [0.25, 0.3) is 6.08 Å². The van der Waals surface area contributed by atoms with Gasteiger partial charge in [0.15, 0.2) is 0 Å². The van der Waals surface area contributed by atoms with Crippen molar-refractivity contribution in [3.8, 4) is 6.07 Å². The standard InChI is InChI=1S/C18H21N3O/c19-13-15(18(22)20-16-6-7-16)12-14-4-8-17(9-5-14)21-10-2-1-3-11-21/h4-5,8-9,12,16H,1-3,6-7,10-11H2,(H,20,22)/b15-12-. The second-order valence-electron chi connectivity index (χ2n) is 6.06. The highest BCUT2D eigenvalue weighted by Crippen LogP contribution is 2.22. The van der Waals surface area contributed by atoms with Gasteiger partial charge in [0.1, 0.15) is 11.6 Å². The van der Waals surface area contributed by atoms with Gasteiger partial charge in [-0.2, -0.15) is 5.26 Å². The molecule has 1 aliphatic carbocycles. The molecule has 2 fully saturated rings.